The summed E-state index contributed by atoms with van der Waals surface area (Å²) in [4.78, 5) is 13.1. The Labute approximate surface area is 197 Å². The molecule has 2 aromatic rings. The van der Waals surface area contributed by atoms with E-state index in [0.29, 0.717) is 12.6 Å². The maximum absolute atomic E-state index is 12.2. The van der Waals surface area contributed by atoms with Gasteiger partial charge in [-0.3, -0.25) is 6.79 Å². The van der Waals surface area contributed by atoms with Crippen LogP contribution in [0.25, 0.3) is 10.4 Å². The number of aromatic nitrogens is 1. The van der Waals surface area contributed by atoms with Gasteiger partial charge in [-0.05, 0) is 30.9 Å². The maximum atomic E-state index is 12.2. The molecule has 0 aliphatic heterocycles. The number of carbonyl (C=O) groups excluding carboxylic acids is 1. The first kappa shape index (κ1) is 24.9. The van der Waals surface area contributed by atoms with Gasteiger partial charge in [0.1, 0.15) is 0 Å². The molecule has 0 amide bonds. The van der Waals surface area contributed by atoms with Crippen LogP contribution >= 0.6 is 11.3 Å². The van der Waals surface area contributed by atoms with Crippen LogP contribution in [0, 0.1) is 6.92 Å². The van der Waals surface area contributed by atoms with Crippen LogP contribution in [-0.4, -0.2) is 17.8 Å². The zero-order valence-corrected chi connectivity index (χ0v) is 19.6. The monoisotopic (exact) mass is 385 g/mol. The third-order valence-corrected chi connectivity index (χ3v) is 4.99. The van der Waals surface area contributed by atoms with E-state index in [0.717, 1.165) is 21.7 Å². The summed E-state index contributed by atoms with van der Waals surface area (Å²) in [7, 11) is 0. The average molecular weight is 386 g/mol. The quantitative estimate of drug-likeness (QED) is 0.484. The summed E-state index contributed by atoms with van der Waals surface area (Å²) in [5, 5.41) is 15.7. The van der Waals surface area contributed by atoms with Crippen LogP contribution in [0.15, 0.2) is 23.7 Å². The maximum Gasteiger partial charge on any atom is 1.00 e. The summed E-state index contributed by atoms with van der Waals surface area (Å²) in [6, 6.07) is 6.33. The number of aryl methyl sites for hydroxylation is 1. The minimum Gasteiger partial charge on any atom is -0.872 e. The van der Waals surface area contributed by atoms with Crippen molar-refractivity contribution in [3.63, 3.8) is 0 Å². The molecule has 0 spiro atoms. The summed E-state index contributed by atoms with van der Waals surface area (Å²) in [5.74, 6) is 0.126. The van der Waals surface area contributed by atoms with E-state index in [9.17, 15) is 5.11 Å². The molecule has 25 heavy (non-hydrogen) atoms. The van der Waals surface area contributed by atoms with Crippen LogP contribution in [0.2, 0.25) is 0 Å². The Morgan fingerprint density at radius 2 is 1.92 bits per heavy atom. The van der Waals surface area contributed by atoms with Crippen LogP contribution < -0.4 is 61.8 Å². The Hall–Kier alpha value is -0.0836. The van der Waals surface area contributed by atoms with Crippen molar-refractivity contribution in [2.24, 2.45) is 0 Å². The van der Waals surface area contributed by atoms with E-state index in [2.05, 4.69) is 17.1 Å². The van der Waals surface area contributed by atoms with Crippen molar-refractivity contribution in [1.82, 2.24) is 10.3 Å². The number of nitrogens with one attached hydrogen (secondary N) is 1. The molecule has 0 unspecified atom stereocenters. The predicted octanol–water partition coefficient (Wildman–Crippen LogP) is 0.980. The van der Waals surface area contributed by atoms with Crippen molar-refractivity contribution in [1.29, 1.82) is 0 Å². The molecule has 0 bridgehead atoms. The number of hydrogen-bond acceptors (Lipinski definition) is 5. The summed E-state index contributed by atoms with van der Waals surface area (Å²) < 4.78 is 0. The zero-order valence-electron chi connectivity index (χ0n) is 15.7. The molecule has 0 saturated heterocycles. The Morgan fingerprint density at radius 1 is 1.28 bits per heavy atom. The molecule has 1 N–H and O–H groups in total. The fraction of sp³-hybridized carbons (Fsp3) is 0.474. The number of benzene rings is 1. The minimum atomic E-state index is 0. The van der Waals surface area contributed by atoms with E-state index in [4.69, 9.17) is 4.79 Å². The molecule has 6 heteroatoms. The van der Waals surface area contributed by atoms with Gasteiger partial charge in [0, 0.05) is 12.6 Å². The SMILES string of the molecule is CC.Cc1ncsc1-c1ccc(CNC2CCCC2)c([O-])c1.[CH-]=O.[K+]. The van der Waals surface area contributed by atoms with E-state index >= 15 is 0 Å². The van der Waals surface area contributed by atoms with Gasteiger partial charge in [0.05, 0.1) is 16.1 Å². The third-order valence-electron chi connectivity index (χ3n) is 4.01. The molecule has 0 radical (unpaired) electrons. The van der Waals surface area contributed by atoms with Gasteiger partial charge in [-0.25, -0.2) is 4.98 Å². The molecule has 1 saturated carbocycles. The smallest absolute Gasteiger partial charge is 0.872 e. The minimum absolute atomic E-state index is 0. The van der Waals surface area contributed by atoms with Crippen molar-refractivity contribution in [2.75, 3.05) is 0 Å². The first-order chi connectivity index (χ1) is 11.7. The number of hydrogen-bond donors (Lipinski definition) is 1. The van der Waals surface area contributed by atoms with E-state index in [1.54, 1.807) is 17.4 Å². The Kier molecular flexibility index (Phi) is 14.0. The fourth-order valence-electron chi connectivity index (χ4n) is 2.81. The zero-order chi connectivity index (χ0) is 17.9. The summed E-state index contributed by atoms with van der Waals surface area (Å²) in [6.07, 6.45) is 5.11. The largest absolute Gasteiger partial charge is 1.00 e. The average Bonchev–Trinajstić information content (AvgIpc) is 3.29. The second kappa shape index (κ2) is 14.0. The first-order valence-electron chi connectivity index (χ1n) is 8.41. The normalized spacial score (nSPS) is 13.1. The Bertz CT molecular complexity index is 613. The molecular weight excluding hydrogens is 359 g/mol. The summed E-state index contributed by atoms with van der Waals surface area (Å²) >= 11 is 1.59. The molecular formula is C19H26KN2O2S-. The third kappa shape index (κ3) is 7.59. The van der Waals surface area contributed by atoms with E-state index < -0.39 is 0 Å². The first-order valence-corrected chi connectivity index (χ1v) is 9.29. The van der Waals surface area contributed by atoms with Crippen molar-refractivity contribution in [3.05, 3.63) is 35.0 Å². The second-order valence-electron chi connectivity index (χ2n) is 5.45. The van der Waals surface area contributed by atoms with E-state index in [-0.39, 0.29) is 57.1 Å². The molecule has 1 aromatic heterocycles. The molecule has 1 aliphatic carbocycles. The van der Waals surface area contributed by atoms with Crippen molar-refractivity contribution >= 4 is 18.1 Å². The van der Waals surface area contributed by atoms with Crippen molar-refractivity contribution in [3.8, 4) is 16.2 Å². The molecule has 1 heterocycles. The molecule has 1 fully saturated rings. The molecule has 1 aromatic carbocycles. The Balaban J connectivity index is 0.00000108. The van der Waals surface area contributed by atoms with Crippen molar-refractivity contribution < 1.29 is 61.3 Å². The topological polar surface area (TPSA) is 65.1 Å². The Morgan fingerprint density at radius 3 is 2.44 bits per heavy atom. The number of nitrogens with zero attached hydrogens (tertiary/aromatic N) is 1. The van der Waals surface area contributed by atoms with Crippen molar-refractivity contribution in [2.45, 2.75) is 59.0 Å². The van der Waals surface area contributed by atoms with Gasteiger partial charge in [0.15, 0.2) is 0 Å². The van der Waals surface area contributed by atoms with Gasteiger partial charge in [0.25, 0.3) is 0 Å². The van der Waals surface area contributed by atoms with Gasteiger partial charge < -0.3 is 15.2 Å². The van der Waals surface area contributed by atoms with Gasteiger partial charge in [0.2, 0.25) is 0 Å². The fourth-order valence-corrected chi connectivity index (χ4v) is 3.61. The van der Waals surface area contributed by atoms with Gasteiger partial charge in [-0.15, -0.1) is 17.1 Å². The second-order valence-corrected chi connectivity index (χ2v) is 6.31. The van der Waals surface area contributed by atoms with Gasteiger partial charge in [-0.2, -0.15) is 0 Å². The van der Waals surface area contributed by atoms with Crippen LogP contribution in [0.1, 0.15) is 50.8 Å². The summed E-state index contributed by atoms with van der Waals surface area (Å²) in [6.45, 7) is 9.91. The van der Waals surface area contributed by atoms with Crippen LogP contribution in [0.4, 0.5) is 0 Å². The molecule has 3 rings (SSSR count). The van der Waals surface area contributed by atoms with Crippen LogP contribution in [0.5, 0.6) is 5.75 Å². The molecule has 1 aliphatic rings. The van der Waals surface area contributed by atoms with Gasteiger partial charge in [-0.1, -0.05) is 44.9 Å². The molecule has 4 nitrogen and oxygen atoms in total. The van der Waals surface area contributed by atoms with Gasteiger partial charge >= 0.3 is 51.4 Å². The van der Waals surface area contributed by atoms with E-state index in [1.807, 2.05) is 38.4 Å². The summed E-state index contributed by atoms with van der Waals surface area (Å²) in [5.41, 5.74) is 4.67. The van der Waals surface area contributed by atoms with Crippen LogP contribution in [-0.2, 0) is 11.3 Å². The molecule has 0 atom stereocenters. The van der Waals surface area contributed by atoms with Crippen LogP contribution in [0.3, 0.4) is 0 Å². The number of rotatable bonds is 4. The standard InChI is InChI=1S/C16H20N2OS.C2H6.CHO.K/c1-11-16(20-10-18-11)12-6-7-13(15(19)8-12)9-17-14-4-2-3-5-14;2*1-2;/h6-8,10,14,17,19H,2-5,9H2,1H3;1-2H3;1H;/q;;-1;+1/p-1. The van der Waals surface area contributed by atoms with E-state index in [1.165, 1.54) is 25.7 Å². The molecule has 132 valence electrons. The number of thiazole rings is 1. The predicted molar refractivity (Wildman–Crippen MR) is 98.9 cm³/mol.